The average Bonchev–Trinajstić information content (AvgIpc) is 2.65. The first-order chi connectivity index (χ1) is 13.2. The summed E-state index contributed by atoms with van der Waals surface area (Å²) in [6.45, 7) is 2.26. The van der Waals surface area contributed by atoms with Crippen LogP contribution in [0.15, 0.2) is 36.4 Å². The number of rotatable bonds is 6. The van der Waals surface area contributed by atoms with E-state index in [1.54, 1.807) is 6.07 Å². The lowest BCUT2D eigenvalue weighted by Gasteiger charge is -2.26. The van der Waals surface area contributed by atoms with E-state index in [0.717, 1.165) is 30.0 Å². The molecule has 1 aliphatic rings. The molecule has 1 fully saturated rings. The molecule has 0 saturated heterocycles. The first kappa shape index (κ1) is 21.0. The summed E-state index contributed by atoms with van der Waals surface area (Å²) in [5.74, 6) is -1.00. The molecule has 0 N–H and O–H groups in total. The number of alkyl halides is 2. The summed E-state index contributed by atoms with van der Waals surface area (Å²) < 4.78 is 60.8. The molecule has 0 aliphatic heterocycles. The Kier molecular flexibility index (Phi) is 6.54. The monoisotopic (exact) mass is 414 g/mol. The summed E-state index contributed by atoms with van der Waals surface area (Å²) in [4.78, 5) is 0. The van der Waals surface area contributed by atoms with Gasteiger partial charge in [0.2, 0.25) is 0 Å². The zero-order valence-corrected chi connectivity index (χ0v) is 16.4. The van der Waals surface area contributed by atoms with Crippen molar-refractivity contribution in [1.82, 2.24) is 0 Å². The normalized spacial score (nSPS) is 20.2. The van der Waals surface area contributed by atoms with Crippen LogP contribution in [0.25, 0.3) is 0 Å². The molecule has 0 aromatic heterocycles. The van der Waals surface area contributed by atoms with Gasteiger partial charge < -0.3 is 4.74 Å². The summed E-state index contributed by atoms with van der Waals surface area (Å²) >= 11 is 5.51. The third-order valence-electron chi connectivity index (χ3n) is 5.47. The van der Waals surface area contributed by atoms with Gasteiger partial charge in [-0.25, -0.2) is 8.78 Å². The fourth-order valence-corrected chi connectivity index (χ4v) is 3.76. The molecule has 6 heteroatoms. The summed E-state index contributed by atoms with van der Waals surface area (Å²) in [5, 5.41) is -0.275. The Hall–Kier alpha value is -1.75. The van der Waals surface area contributed by atoms with E-state index in [0.29, 0.717) is 18.4 Å². The van der Waals surface area contributed by atoms with E-state index < -0.39 is 29.1 Å². The third-order valence-corrected chi connectivity index (χ3v) is 5.77. The van der Waals surface area contributed by atoms with Crippen molar-refractivity contribution in [2.45, 2.75) is 51.6 Å². The van der Waals surface area contributed by atoms with Gasteiger partial charge in [0, 0.05) is 0 Å². The molecule has 1 aliphatic carbocycles. The van der Waals surface area contributed by atoms with Gasteiger partial charge >= 0.3 is 6.11 Å². The largest absolute Gasteiger partial charge is 0.426 e. The molecule has 3 rings (SSSR count). The average molecular weight is 415 g/mol. The number of ether oxygens (including phenoxy) is 1. The second kappa shape index (κ2) is 8.73. The minimum Gasteiger partial charge on any atom is -0.426 e. The third kappa shape index (κ3) is 5.19. The van der Waals surface area contributed by atoms with Gasteiger partial charge in [0.15, 0.2) is 11.6 Å². The Bertz CT molecular complexity index is 816. The Morgan fingerprint density at radius 1 is 1.00 bits per heavy atom. The Labute approximate surface area is 167 Å². The Morgan fingerprint density at radius 2 is 1.71 bits per heavy atom. The zero-order valence-electron chi connectivity index (χ0n) is 15.7. The Balaban J connectivity index is 1.64. The van der Waals surface area contributed by atoms with Crippen LogP contribution in [-0.4, -0.2) is 0 Å². The fourth-order valence-electron chi connectivity index (χ4n) is 3.65. The van der Waals surface area contributed by atoms with Crippen molar-refractivity contribution in [1.29, 1.82) is 0 Å². The van der Waals surface area contributed by atoms with E-state index >= 15 is 0 Å². The molecule has 0 spiro atoms. The number of benzene rings is 2. The molecule has 2 aromatic rings. The van der Waals surface area contributed by atoms with Crippen LogP contribution in [-0.2, 0) is 12.5 Å². The standard InChI is InChI=1S/C22H23ClF4O/c1-14-2-4-15(5-3-14)6-7-16-8-11-21(20(25)12-16)28-22(26,27)17-9-10-18(23)19(24)13-17/h8-15H,2-7H2,1H3. The highest BCUT2D eigenvalue weighted by atomic mass is 35.5. The van der Waals surface area contributed by atoms with E-state index in [2.05, 4.69) is 11.7 Å². The molecule has 0 bridgehead atoms. The molecular weight excluding hydrogens is 392 g/mol. The van der Waals surface area contributed by atoms with E-state index in [4.69, 9.17) is 11.6 Å². The number of hydrogen-bond donors (Lipinski definition) is 0. The summed E-state index contributed by atoms with van der Waals surface area (Å²) in [6, 6.07) is 6.58. The van der Waals surface area contributed by atoms with Crippen molar-refractivity contribution in [2.24, 2.45) is 11.8 Å². The van der Waals surface area contributed by atoms with Gasteiger partial charge in [-0.05, 0) is 60.6 Å². The van der Waals surface area contributed by atoms with Crippen LogP contribution < -0.4 is 4.74 Å². The maximum Gasteiger partial charge on any atom is 0.426 e. The molecule has 1 nitrogen and oxygen atoms in total. The maximum absolute atomic E-state index is 14.3. The molecule has 2 aromatic carbocycles. The van der Waals surface area contributed by atoms with Gasteiger partial charge in [-0.15, -0.1) is 0 Å². The number of halogens is 5. The summed E-state index contributed by atoms with van der Waals surface area (Å²) in [6.07, 6.45) is 2.62. The highest BCUT2D eigenvalue weighted by Gasteiger charge is 2.36. The second-order valence-corrected chi connectivity index (χ2v) is 8.08. The van der Waals surface area contributed by atoms with E-state index in [9.17, 15) is 17.6 Å². The van der Waals surface area contributed by atoms with E-state index in [1.807, 2.05) is 0 Å². The van der Waals surface area contributed by atoms with Crippen molar-refractivity contribution in [3.8, 4) is 5.75 Å². The van der Waals surface area contributed by atoms with Crippen molar-refractivity contribution >= 4 is 11.6 Å². The minimum absolute atomic E-state index is 0.275. The zero-order chi connectivity index (χ0) is 20.3. The lowest BCUT2D eigenvalue weighted by Crippen LogP contribution is -2.22. The molecule has 0 heterocycles. The second-order valence-electron chi connectivity index (χ2n) is 7.68. The first-order valence-electron chi connectivity index (χ1n) is 9.55. The number of hydrogen-bond acceptors (Lipinski definition) is 1. The van der Waals surface area contributed by atoms with Crippen molar-refractivity contribution in [3.63, 3.8) is 0 Å². The highest BCUT2D eigenvalue weighted by molar-refractivity contribution is 6.30. The fraction of sp³-hybridized carbons (Fsp3) is 0.455. The predicted octanol–water partition coefficient (Wildman–Crippen LogP) is 7.51. The van der Waals surface area contributed by atoms with Gasteiger partial charge in [0.1, 0.15) is 5.82 Å². The van der Waals surface area contributed by atoms with Crippen LogP contribution in [0.4, 0.5) is 17.6 Å². The van der Waals surface area contributed by atoms with Crippen molar-refractivity contribution < 1.29 is 22.3 Å². The SMILES string of the molecule is CC1CCC(CCc2ccc(OC(F)(F)c3ccc(Cl)c(F)c3)c(F)c2)CC1. The molecule has 0 amide bonds. The van der Waals surface area contributed by atoms with Crippen LogP contribution >= 0.6 is 11.6 Å². The maximum atomic E-state index is 14.3. The summed E-state index contributed by atoms with van der Waals surface area (Å²) in [5.41, 5.74) is 0.0220. The highest BCUT2D eigenvalue weighted by Crippen LogP contribution is 2.35. The molecule has 152 valence electrons. The number of aryl methyl sites for hydroxylation is 1. The topological polar surface area (TPSA) is 9.23 Å². The smallest absolute Gasteiger partial charge is 0.426 e. The quantitative estimate of drug-likeness (QED) is 0.444. The molecule has 0 atom stereocenters. The van der Waals surface area contributed by atoms with Gasteiger partial charge in [-0.3, -0.25) is 0 Å². The molecular formula is C22H23ClF4O. The molecule has 0 radical (unpaired) electrons. The van der Waals surface area contributed by atoms with Crippen LogP contribution in [0.2, 0.25) is 5.02 Å². The van der Waals surface area contributed by atoms with Crippen LogP contribution in [0.5, 0.6) is 5.75 Å². The lowest BCUT2D eigenvalue weighted by atomic mass is 9.80. The van der Waals surface area contributed by atoms with Crippen molar-refractivity contribution in [3.05, 3.63) is 64.2 Å². The van der Waals surface area contributed by atoms with Crippen molar-refractivity contribution in [2.75, 3.05) is 0 Å². The molecule has 1 saturated carbocycles. The van der Waals surface area contributed by atoms with E-state index in [-0.39, 0.29) is 5.02 Å². The molecule has 28 heavy (non-hydrogen) atoms. The van der Waals surface area contributed by atoms with Crippen LogP contribution in [0.3, 0.4) is 0 Å². The van der Waals surface area contributed by atoms with Crippen LogP contribution in [0, 0.1) is 23.5 Å². The first-order valence-corrected chi connectivity index (χ1v) is 9.93. The summed E-state index contributed by atoms with van der Waals surface area (Å²) in [7, 11) is 0. The van der Waals surface area contributed by atoms with Gasteiger partial charge in [-0.1, -0.05) is 50.3 Å². The van der Waals surface area contributed by atoms with E-state index in [1.165, 1.54) is 37.8 Å². The lowest BCUT2D eigenvalue weighted by molar-refractivity contribution is -0.187. The van der Waals surface area contributed by atoms with Gasteiger partial charge in [0.05, 0.1) is 10.6 Å². The Morgan fingerprint density at radius 3 is 2.36 bits per heavy atom. The van der Waals surface area contributed by atoms with Gasteiger partial charge in [-0.2, -0.15) is 8.78 Å². The van der Waals surface area contributed by atoms with Gasteiger partial charge in [0.25, 0.3) is 0 Å². The predicted molar refractivity (Wildman–Crippen MR) is 102 cm³/mol. The minimum atomic E-state index is -3.88. The van der Waals surface area contributed by atoms with Crippen LogP contribution in [0.1, 0.15) is 50.2 Å². The molecule has 0 unspecified atom stereocenters.